The zero-order valence-corrected chi connectivity index (χ0v) is 10.2. The van der Waals surface area contributed by atoms with Crippen molar-refractivity contribution in [1.29, 1.82) is 0 Å². The van der Waals surface area contributed by atoms with E-state index in [9.17, 15) is 13.6 Å². The molecule has 1 saturated heterocycles. The third-order valence-electron chi connectivity index (χ3n) is 3.14. The van der Waals surface area contributed by atoms with Gasteiger partial charge in [-0.2, -0.15) is 0 Å². The summed E-state index contributed by atoms with van der Waals surface area (Å²) in [5.41, 5.74) is -0.111. The molecule has 1 aliphatic rings. The van der Waals surface area contributed by atoms with E-state index in [2.05, 4.69) is 10.6 Å². The van der Waals surface area contributed by atoms with Gasteiger partial charge in [0.15, 0.2) is 11.6 Å². The van der Waals surface area contributed by atoms with Crippen molar-refractivity contribution in [2.75, 3.05) is 5.32 Å². The zero-order chi connectivity index (χ0) is 13.1. The van der Waals surface area contributed by atoms with Crippen molar-refractivity contribution in [1.82, 2.24) is 5.32 Å². The highest BCUT2D eigenvalue weighted by molar-refractivity contribution is 5.95. The third kappa shape index (κ3) is 2.85. The summed E-state index contributed by atoms with van der Waals surface area (Å²) >= 11 is 0. The maximum atomic E-state index is 13.4. The number of rotatable bonds is 2. The molecule has 2 N–H and O–H groups in total. The van der Waals surface area contributed by atoms with Gasteiger partial charge in [-0.05, 0) is 38.3 Å². The molecule has 3 nitrogen and oxygen atoms in total. The van der Waals surface area contributed by atoms with E-state index in [1.807, 2.05) is 6.92 Å². The molecule has 0 spiro atoms. The van der Waals surface area contributed by atoms with Gasteiger partial charge in [0, 0.05) is 6.04 Å². The van der Waals surface area contributed by atoms with Crippen LogP contribution in [0.25, 0.3) is 0 Å². The fourth-order valence-electron chi connectivity index (χ4n) is 2.17. The minimum atomic E-state index is -1.02. The molecule has 98 valence electrons. The molecule has 1 heterocycles. The molecule has 1 aromatic rings. The third-order valence-corrected chi connectivity index (χ3v) is 3.14. The number of carbonyl (C=O) groups excluding carboxylic acids is 1. The molecule has 0 radical (unpaired) electrons. The van der Waals surface area contributed by atoms with Crippen LogP contribution in [0.15, 0.2) is 18.2 Å². The Hall–Kier alpha value is -1.49. The van der Waals surface area contributed by atoms with Crippen LogP contribution in [-0.4, -0.2) is 18.0 Å². The van der Waals surface area contributed by atoms with Crippen LogP contribution in [0.2, 0.25) is 0 Å². The first-order valence-corrected chi connectivity index (χ1v) is 6.09. The molecule has 0 aromatic heterocycles. The summed E-state index contributed by atoms with van der Waals surface area (Å²) < 4.78 is 26.4. The van der Waals surface area contributed by atoms with E-state index in [1.54, 1.807) is 0 Å². The molecule has 0 bridgehead atoms. The minimum absolute atomic E-state index is 0.111. The standard InChI is InChI=1S/C13H16F2N2O/c1-8-4-2-7-11(16-8)13(18)17-10-6-3-5-9(14)12(10)15/h3,5-6,8,11,16H,2,4,7H2,1H3,(H,17,18). The number of piperidine rings is 1. The van der Waals surface area contributed by atoms with Crippen LogP contribution in [-0.2, 0) is 4.79 Å². The van der Waals surface area contributed by atoms with Crippen molar-refractivity contribution in [2.45, 2.75) is 38.3 Å². The highest BCUT2D eigenvalue weighted by atomic mass is 19.2. The molecule has 2 unspecified atom stereocenters. The van der Waals surface area contributed by atoms with E-state index >= 15 is 0 Å². The maximum absolute atomic E-state index is 13.4. The molecular weight excluding hydrogens is 238 g/mol. The second kappa shape index (κ2) is 5.44. The number of hydrogen-bond acceptors (Lipinski definition) is 2. The Labute approximate surface area is 105 Å². The van der Waals surface area contributed by atoms with Crippen LogP contribution in [0.4, 0.5) is 14.5 Å². The molecule has 2 rings (SSSR count). The summed E-state index contributed by atoms with van der Waals surface area (Å²) in [6.45, 7) is 2.00. The van der Waals surface area contributed by atoms with Gasteiger partial charge in [0.1, 0.15) is 0 Å². The summed E-state index contributed by atoms with van der Waals surface area (Å²) in [6, 6.07) is 3.67. The summed E-state index contributed by atoms with van der Waals surface area (Å²) in [4.78, 5) is 11.9. The number of amides is 1. The summed E-state index contributed by atoms with van der Waals surface area (Å²) in [5, 5.41) is 5.57. The van der Waals surface area contributed by atoms with Gasteiger partial charge in [0.25, 0.3) is 0 Å². The highest BCUT2D eigenvalue weighted by Gasteiger charge is 2.24. The number of benzene rings is 1. The van der Waals surface area contributed by atoms with Gasteiger partial charge in [0.05, 0.1) is 11.7 Å². The Morgan fingerprint density at radius 2 is 2.17 bits per heavy atom. The van der Waals surface area contributed by atoms with E-state index in [4.69, 9.17) is 0 Å². The van der Waals surface area contributed by atoms with Crippen LogP contribution >= 0.6 is 0 Å². The first kappa shape index (κ1) is 13.0. The monoisotopic (exact) mass is 254 g/mol. The Morgan fingerprint density at radius 3 is 2.89 bits per heavy atom. The van der Waals surface area contributed by atoms with Gasteiger partial charge in [-0.1, -0.05) is 6.07 Å². The fourth-order valence-corrected chi connectivity index (χ4v) is 2.17. The number of halogens is 2. The van der Waals surface area contributed by atoms with Crippen molar-refractivity contribution in [2.24, 2.45) is 0 Å². The SMILES string of the molecule is CC1CCCC(C(=O)Nc2cccc(F)c2F)N1. The molecule has 18 heavy (non-hydrogen) atoms. The topological polar surface area (TPSA) is 41.1 Å². The number of hydrogen-bond donors (Lipinski definition) is 2. The van der Waals surface area contributed by atoms with Crippen molar-refractivity contribution in [3.8, 4) is 0 Å². The molecule has 1 amide bonds. The predicted octanol–water partition coefficient (Wildman–Crippen LogP) is 2.43. The summed E-state index contributed by atoms with van der Waals surface area (Å²) in [5.74, 6) is -2.29. The van der Waals surface area contributed by atoms with Gasteiger partial charge >= 0.3 is 0 Å². The van der Waals surface area contributed by atoms with Crippen LogP contribution in [0.3, 0.4) is 0 Å². The van der Waals surface area contributed by atoms with Crippen molar-refractivity contribution in [3.63, 3.8) is 0 Å². The van der Waals surface area contributed by atoms with E-state index in [0.29, 0.717) is 6.42 Å². The number of carbonyl (C=O) groups is 1. The predicted molar refractivity (Wildman–Crippen MR) is 65.2 cm³/mol. The molecular formula is C13H16F2N2O. The Kier molecular flexibility index (Phi) is 3.91. The van der Waals surface area contributed by atoms with E-state index in [-0.39, 0.29) is 23.7 Å². The highest BCUT2D eigenvalue weighted by Crippen LogP contribution is 2.18. The van der Waals surface area contributed by atoms with E-state index in [0.717, 1.165) is 18.9 Å². The van der Waals surface area contributed by atoms with Crippen molar-refractivity contribution >= 4 is 11.6 Å². The lowest BCUT2D eigenvalue weighted by atomic mass is 9.99. The summed E-state index contributed by atoms with van der Waals surface area (Å²) in [6.07, 6.45) is 2.70. The van der Waals surface area contributed by atoms with Gasteiger partial charge in [-0.3, -0.25) is 4.79 Å². The maximum Gasteiger partial charge on any atom is 0.241 e. The average Bonchev–Trinajstić information content (AvgIpc) is 2.35. The molecule has 1 fully saturated rings. The van der Waals surface area contributed by atoms with Crippen LogP contribution in [0, 0.1) is 11.6 Å². The van der Waals surface area contributed by atoms with Crippen molar-refractivity contribution < 1.29 is 13.6 Å². The first-order valence-electron chi connectivity index (χ1n) is 6.09. The zero-order valence-electron chi connectivity index (χ0n) is 10.2. The Bertz CT molecular complexity index is 451. The van der Waals surface area contributed by atoms with Crippen LogP contribution in [0.5, 0.6) is 0 Å². The van der Waals surface area contributed by atoms with E-state index in [1.165, 1.54) is 12.1 Å². The van der Waals surface area contributed by atoms with E-state index < -0.39 is 11.6 Å². The number of nitrogens with one attached hydrogen (secondary N) is 2. The molecule has 0 saturated carbocycles. The van der Waals surface area contributed by atoms with Crippen LogP contribution in [0.1, 0.15) is 26.2 Å². The number of anilines is 1. The van der Waals surface area contributed by atoms with Gasteiger partial charge in [-0.25, -0.2) is 8.78 Å². The molecule has 1 aliphatic heterocycles. The lowest BCUT2D eigenvalue weighted by Crippen LogP contribution is -2.47. The van der Waals surface area contributed by atoms with Crippen molar-refractivity contribution in [3.05, 3.63) is 29.8 Å². The molecule has 1 aromatic carbocycles. The summed E-state index contributed by atoms with van der Waals surface area (Å²) in [7, 11) is 0. The molecule has 5 heteroatoms. The Morgan fingerprint density at radius 1 is 1.39 bits per heavy atom. The quantitative estimate of drug-likeness (QED) is 0.851. The minimum Gasteiger partial charge on any atom is -0.322 e. The Balaban J connectivity index is 2.04. The lowest BCUT2D eigenvalue weighted by molar-refractivity contribution is -0.118. The molecule has 0 aliphatic carbocycles. The first-order chi connectivity index (χ1) is 8.58. The normalized spacial score (nSPS) is 23.7. The lowest BCUT2D eigenvalue weighted by Gasteiger charge is -2.27. The second-order valence-electron chi connectivity index (χ2n) is 4.64. The second-order valence-corrected chi connectivity index (χ2v) is 4.64. The van der Waals surface area contributed by atoms with Gasteiger partial charge < -0.3 is 10.6 Å². The molecule has 2 atom stereocenters. The van der Waals surface area contributed by atoms with Gasteiger partial charge in [-0.15, -0.1) is 0 Å². The smallest absolute Gasteiger partial charge is 0.241 e. The van der Waals surface area contributed by atoms with Crippen LogP contribution < -0.4 is 10.6 Å². The average molecular weight is 254 g/mol. The largest absolute Gasteiger partial charge is 0.322 e. The van der Waals surface area contributed by atoms with Gasteiger partial charge in [0.2, 0.25) is 5.91 Å². The fraction of sp³-hybridized carbons (Fsp3) is 0.462.